The molecule has 5 rings (SSSR count). The Morgan fingerprint density at radius 3 is 2.65 bits per heavy atom. The van der Waals surface area contributed by atoms with Gasteiger partial charge in [0.15, 0.2) is 11.5 Å². The minimum Gasteiger partial charge on any atom is -0.462 e. The zero-order valence-corrected chi connectivity index (χ0v) is 16.3. The molecule has 10 nitrogen and oxygen atoms in total. The van der Waals surface area contributed by atoms with E-state index in [1.807, 2.05) is 0 Å². The summed E-state index contributed by atoms with van der Waals surface area (Å²) in [5.41, 5.74) is 0.356. The van der Waals surface area contributed by atoms with Crippen LogP contribution < -0.4 is 19.8 Å². The summed E-state index contributed by atoms with van der Waals surface area (Å²) in [7, 11) is 0. The van der Waals surface area contributed by atoms with Gasteiger partial charge in [0.25, 0.3) is 0 Å². The van der Waals surface area contributed by atoms with Crippen LogP contribution in [0.15, 0.2) is 33.5 Å². The predicted octanol–water partition coefficient (Wildman–Crippen LogP) is 0.162. The molecule has 10 heteroatoms. The molecule has 164 valence electrons. The highest BCUT2D eigenvalue weighted by Gasteiger charge is 2.44. The quantitative estimate of drug-likeness (QED) is 0.333. The van der Waals surface area contributed by atoms with Gasteiger partial charge in [-0.05, 0) is 30.7 Å². The first-order valence-corrected chi connectivity index (χ1v) is 9.66. The third kappa shape index (κ3) is 3.11. The summed E-state index contributed by atoms with van der Waals surface area (Å²) in [6, 6.07) is 6.61. The summed E-state index contributed by atoms with van der Waals surface area (Å²) >= 11 is 0. The lowest BCUT2D eigenvalue weighted by atomic mass is 9.99. The lowest BCUT2D eigenvalue weighted by Gasteiger charge is -2.39. The predicted molar refractivity (Wildman–Crippen MR) is 105 cm³/mol. The first-order chi connectivity index (χ1) is 14.9. The van der Waals surface area contributed by atoms with Crippen LogP contribution in [0.2, 0.25) is 0 Å². The molecule has 1 fully saturated rings. The zero-order chi connectivity index (χ0) is 21.9. The van der Waals surface area contributed by atoms with E-state index in [1.165, 1.54) is 6.07 Å². The van der Waals surface area contributed by atoms with E-state index < -0.39 is 42.9 Å². The van der Waals surface area contributed by atoms with E-state index in [4.69, 9.17) is 23.4 Å². The van der Waals surface area contributed by atoms with E-state index in [0.717, 1.165) is 0 Å². The van der Waals surface area contributed by atoms with Gasteiger partial charge in [-0.3, -0.25) is 0 Å². The lowest BCUT2D eigenvalue weighted by Crippen LogP contribution is -2.60. The fourth-order valence-corrected chi connectivity index (χ4v) is 4.05. The number of benzene rings is 2. The molecule has 1 aromatic heterocycles. The molecule has 2 aliphatic heterocycles. The normalized spacial score (nSPS) is 27.7. The topological polar surface area (TPSA) is 148 Å². The second-order valence-corrected chi connectivity index (χ2v) is 7.54. The fraction of sp³-hybridized carbons (Fsp3) is 0.381. The van der Waals surface area contributed by atoms with Crippen molar-refractivity contribution in [2.24, 2.45) is 0 Å². The standard InChI is InChI=1S/C21H20O10/c1-8-4-9(29-21-18(25)17(24)16(23)13(6-22)31-21)5-12-14(8)10-2-3-11-19(28-7-27-11)15(10)20(26)30-12/h2-5,13,16-18,21-25H,6-7H2,1H3/t13-,16-,17+,18-,21-/m1/s1. The first kappa shape index (κ1) is 20.0. The highest BCUT2D eigenvalue weighted by Crippen LogP contribution is 2.41. The summed E-state index contributed by atoms with van der Waals surface area (Å²) in [6.45, 7) is 1.25. The van der Waals surface area contributed by atoms with Crippen LogP contribution in [0.25, 0.3) is 21.7 Å². The lowest BCUT2D eigenvalue weighted by molar-refractivity contribution is -0.277. The monoisotopic (exact) mass is 432 g/mol. The molecule has 3 heterocycles. The van der Waals surface area contributed by atoms with Crippen molar-refractivity contribution in [3.05, 3.63) is 40.2 Å². The second kappa shape index (κ2) is 7.36. The smallest absolute Gasteiger partial charge is 0.348 e. The minimum atomic E-state index is -1.57. The average molecular weight is 432 g/mol. The molecule has 2 aromatic carbocycles. The largest absolute Gasteiger partial charge is 0.462 e. The van der Waals surface area contributed by atoms with Crippen LogP contribution in [0.4, 0.5) is 0 Å². The Bertz CT molecular complexity index is 1220. The van der Waals surface area contributed by atoms with Gasteiger partial charge in [0, 0.05) is 16.8 Å². The van der Waals surface area contributed by atoms with Gasteiger partial charge in [0.1, 0.15) is 41.1 Å². The summed E-state index contributed by atoms with van der Waals surface area (Å²) in [6.07, 6.45) is -7.07. The van der Waals surface area contributed by atoms with Crippen LogP contribution >= 0.6 is 0 Å². The van der Waals surface area contributed by atoms with Gasteiger partial charge in [-0.2, -0.15) is 0 Å². The minimum absolute atomic E-state index is 0.0246. The Labute approximate surface area is 174 Å². The molecule has 0 saturated carbocycles. The van der Waals surface area contributed by atoms with Crippen LogP contribution in [0.3, 0.4) is 0 Å². The van der Waals surface area contributed by atoms with E-state index in [0.29, 0.717) is 27.8 Å². The first-order valence-electron chi connectivity index (χ1n) is 9.66. The van der Waals surface area contributed by atoms with Crippen LogP contribution in [-0.2, 0) is 4.74 Å². The molecule has 0 aliphatic carbocycles. The van der Waals surface area contributed by atoms with Gasteiger partial charge < -0.3 is 43.8 Å². The molecule has 31 heavy (non-hydrogen) atoms. The van der Waals surface area contributed by atoms with Crippen LogP contribution in [0, 0.1) is 6.92 Å². The maximum atomic E-state index is 12.7. The molecular formula is C21H20O10. The third-order valence-corrected chi connectivity index (χ3v) is 5.59. The second-order valence-electron chi connectivity index (χ2n) is 7.54. The number of aliphatic hydroxyl groups is 4. The zero-order valence-electron chi connectivity index (χ0n) is 16.3. The molecule has 0 amide bonds. The molecule has 1 saturated heterocycles. The van der Waals surface area contributed by atoms with E-state index in [2.05, 4.69) is 0 Å². The van der Waals surface area contributed by atoms with Crippen molar-refractivity contribution in [1.29, 1.82) is 0 Å². The number of ether oxygens (including phenoxy) is 4. The van der Waals surface area contributed by atoms with Crippen molar-refractivity contribution >= 4 is 21.7 Å². The summed E-state index contributed by atoms with van der Waals surface area (Å²) in [5, 5.41) is 41.0. The molecule has 5 atom stereocenters. The van der Waals surface area contributed by atoms with E-state index >= 15 is 0 Å². The molecule has 2 aliphatic rings. The van der Waals surface area contributed by atoms with Crippen LogP contribution in [0.5, 0.6) is 17.2 Å². The average Bonchev–Trinajstić information content (AvgIpc) is 3.22. The van der Waals surface area contributed by atoms with Crippen LogP contribution in [0.1, 0.15) is 5.56 Å². The van der Waals surface area contributed by atoms with Gasteiger partial charge in [-0.15, -0.1) is 0 Å². The molecular weight excluding hydrogens is 412 g/mol. The highest BCUT2D eigenvalue weighted by atomic mass is 16.7. The Morgan fingerprint density at radius 2 is 1.87 bits per heavy atom. The highest BCUT2D eigenvalue weighted by molar-refractivity contribution is 6.09. The molecule has 0 unspecified atom stereocenters. The summed E-state index contributed by atoms with van der Waals surface area (Å²) in [5.74, 6) is 1.02. The Hall–Kier alpha value is -2.89. The van der Waals surface area contributed by atoms with Gasteiger partial charge in [-0.25, -0.2) is 4.79 Å². The van der Waals surface area contributed by atoms with Gasteiger partial charge in [0.2, 0.25) is 13.1 Å². The Balaban J connectivity index is 1.57. The van der Waals surface area contributed by atoms with Crippen molar-refractivity contribution in [2.75, 3.05) is 13.4 Å². The maximum absolute atomic E-state index is 12.7. The number of hydrogen-bond acceptors (Lipinski definition) is 10. The fourth-order valence-electron chi connectivity index (χ4n) is 4.05. The van der Waals surface area contributed by atoms with E-state index in [1.54, 1.807) is 25.1 Å². The van der Waals surface area contributed by atoms with Crippen LogP contribution in [-0.4, -0.2) is 64.5 Å². The molecule has 0 bridgehead atoms. The van der Waals surface area contributed by atoms with Gasteiger partial charge in [0.05, 0.1) is 6.61 Å². The summed E-state index contributed by atoms with van der Waals surface area (Å²) < 4.78 is 27.3. The summed E-state index contributed by atoms with van der Waals surface area (Å²) in [4.78, 5) is 12.7. The van der Waals surface area contributed by atoms with Gasteiger partial charge in [-0.1, -0.05) is 0 Å². The van der Waals surface area contributed by atoms with E-state index in [-0.39, 0.29) is 23.5 Å². The van der Waals surface area contributed by atoms with E-state index in [9.17, 15) is 25.2 Å². The van der Waals surface area contributed by atoms with Crippen molar-refractivity contribution in [3.8, 4) is 17.2 Å². The van der Waals surface area contributed by atoms with Crippen molar-refractivity contribution < 1.29 is 43.8 Å². The van der Waals surface area contributed by atoms with Crippen molar-refractivity contribution in [1.82, 2.24) is 0 Å². The SMILES string of the molecule is Cc1cc(O[C@@H]2O[C@H](CO)[C@@H](O)[C@H](O)[C@H]2O)cc2oc(=O)c3c4c(ccc3c12)OCO4. The number of hydrogen-bond donors (Lipinski definition) is 4. The molecule has 3 aromatic rings. The molecule has 0 radical (unpaired) electrons. The number of aliphatic hydroxyl groups excluding tert-OH is 4. The maximum Gasteiger partial charge on any atom is 0.348 e. The number of aryl methyl sites for hydroxylation is 1. The van der Waals surface area contributed by atoms with Crippen molar-refractivity contribution in [2.45, 2.75) is 37.6 Å². The Morgan fingerprint density at radius 1 is 1.06 bits per heavy atom. The Kier molecular flexibility index (Phi) is 4.76. The third-order valence-electron chi connectivity index (χ3n) is 5.59. The molecule has 4 N–H and O–H groups in total. The number of rotatable bonds is 3. The molecule has 0 spiro atoms. The number of fused-ring (bicyclic) bond motifs is 5. The van der Waals surface area contributed by atoms with Gasteiger partial charge >= 0.3 is 5.63 Å². The van der Waals surface area contributed by atoms with Crippen molar-refractivity contribution in [3.63, 3.8) is 0 Å².